The van der Waals surface area contributed by atoms with Crippen LogP contribution in [-0.2, 0) is 0 Å². The van der Waals surface area contributed by atoms with Crippen LogP contribution in [0.5, 0.6) is 5.75 Å². The molecule has 0 aliphatic rings. The van der Waals surface area contributed by atoms with E-state index in [1.807, 2.05) is 29.0 Å². The Morgan fingerprint density at radius 3 is 2.62 bits per heavy atom. The van der Waals surface area contributed by atoms with Gasteiger partial charge in [-0.25, -0.2) is 19.9 Å². The summed E-state index contributed by atoms with van der Waals surface area (Å²) < 4.78 is 0. The van der Waals surface area contributed by atoms with Crippen molar-refractivity contribution < 1.29 is 5.11 Å². The maximum Gasteiger partial charge on any atom is 0.178 e. The van der Waals surface area contributed by atoms with Crippen LogP contribution >= 0.6 is 11.3 Å². The number of phenolic OH excluding ortho intramolecular Hbond substituents is 1. The number of nitrogens with zero attached hydrogens (tertiary/aromatic N) is 4. The summed E-state index contributed by atoms with van der Waals surface area (Å²) in [4.78, 5) is 17.2. The van der Waals surface area contributed by atoms with Crippen molar-refractivity contribution >= 4 is 11.3 Å². The van der Waals surface area contributed by atoms with Gasteiger partial charge in [0.15, 0.2) is 5.82 Å². The molecule has 3 heterocycles. The standard InChI is InChI=1S/C18H12N4OS/c23-16-4-2-1-3-13(16)17-14(12-6-8-24-10-12)9-20-18(22-17)15-5-7-19-11-21-15/h1-11,23H. The Morgan fingerprint density at radius 1 is 0.958 bits per heavy atom. The lowest BCUT2D eigenvalue weighted by molar-refractivity contribution is 0.477. The third-order valence-corrected chi connectivity index (χ3v) is 4.27. The Labute approximate surface area is 142 Å². The fourth-order valence-corrected chi connectivity index (χ4v) is 3.09. The summed E-state index contributed by atoms with van der Waals surface area (Å²) in [6, 6.07) is 10.9. The molecule has 1 N–H and O–H groups in total. The Bertz CT molecular complexity index is 972. The predicted molar refractivity (Wildman–Crippen MR) is 93.5 cm³/mol. The zero-order valence-electron chi connectivity index (χ0n) is 12.5. The largest absolute Gasteiger partial charge is 0.507 e. The van der Waals surface area contributed by atoms with Crippen molar-refractivity contribution in [3.63, 3.8) is 0 Å². The van der Waals surface area contributed by atoms with Crippen LogP contribution in [0.15, 0.2) is 65.9 Å². The van der Waals surface area contributed by atoms with Crippen LogP contribution in [0.3, 0.4) is 0 Å². The third-order valence-electron chi connectivity index (χ3n) is 3.59. The monoisotopic (exact) mass is 332 g/mol. The highest BCUT2D eigenvalue weighted by atomic mass is 32.1. The zero-order chi connectivity index (χ0) is 16.4. The molecule has 0 saturated carbocycles. The maximum atomic E-state index is 10.3. The van der Waals surface area contributed by atoms with Crippen molar-refractivity contribution in [1.82, 2.24) is 19.9 Å². The van der Waals surface area contributed by atoms with Crippen LogP contribution in [0.25, 0.3) is 33.9 Å². The topological polar surface area (TPSA) is 71.8 Å². The van der Waals surface area contributed by atoms with Crippen molar-refractivity contribution in [1.29, 1.82) is 0 Å². The van der Waals surface area contributed by atoms with Gasteiger partial charge in [-0.2, -0.15) is 11.3 Å². The van der Waals surface area contributed by atoms with Crippen LogP contribution in [0.4, 0.5) is 0 Å². The molecular formula is C18H12N4OS. The molecule has 1 aromatic carbocycles. The molecule has 0 spiro atoms. The number of phenols is 1. The van der Waals surface area contributed by atoms with E-state index in [0.29, 0.717) is 22.8 Å². The van der Waals surface area contributed by atoms with Gasteiger partial charge in [-0.05, 0) is 40.6 Å². The highest BCUT2D eigenvalue weighted by molar-refractivity contribution is 7.08. The molecule has 116 valence electrons. The second-order valence-corrected chi connectivity index (χ2v) is 5.86. The van der Waals surface area contributed by atoms with E-state index >= 15 is 0 Å². The molecule has 3 aromatic heterocycles. The molecule has 0 saturated heterocycles. The molecule has 24 heavy (non-hydrogen) atoms. The van der Waals surface area contributed by atoms with E-state index in [9.17, 15) is 5.11 Å². The van der Waals surface area contributed by atoms with Gasteiger partial charge in [0.1, 0.15) is 17.8 Å². The Morgan fingerprint density at radius 2 is 1.88 bits per heavy atom. The van der Waals surface area contributed by atoms with Crippen LogP contribution in [-0.4, -0.2) is 25.0 Å². The van der Waals surface area contributed by atoms with E-state index in [0.717, 1.165) is 11.1 Å². The number of para-hydroxylation sites is 1. The van der Waals surface area contributed by atoms with Gasteiger partial charge in [0, 0.05) is 23.5 Å². The summed E-state index contributed by atoms with van der Waals surface area (Å²) >= 11 is 1.60. The average Bonchev–Trinajstić information content (AvgIpc) is 3.17. The lowest BCUT2D eigenvalue weighted by Gasteiger charge is -2.10. The number of aromatic nitrogens is 4. The predicted octanol–water partition coefficient (Wildman–Crippen LogP) is 4.03. The van der Waals surface area contributed by atoms with E-state index in [-0.39, 0.29) is 5.75 Å². The van der Waals surface area contributed by atoms with Gasteiger partial charge in [-0.15, -0.1) is 0 Å². The number of hydrogen-bond donors (Lipinski definition) is 1. The van der Waals surface area contributed by atoms with Gasteiger partial charge in [0.05, 0.1) is 5.69 Å². The minimum Gasteiger partial charge on any atom is -0.507 e. The maximum absolute atomic E-state index is 10.3. The van der Waals surface area contributed by atoms with E-state index < -0.39 is 0 Å². The highest BCUT2D eigenvalue weighted by Gasteiger charge is 2.15. The summed E-state index contributed by atoms with van der Waals surface area (Å²) in [5.74, 6) is 0.677. The van der Waals surface area contributed by atoms with Crippen LogP contribution in [0.1, 0.15) is 0 Å². The van der Waals surface area contributed by atoms with E-state index in [4.69, 9.17) is 0 Å². The Kier molecular flexibility index (Phi) is 3.72. The molecule has 0 atom stereocenters. The molecule has 4 rings (SSSR count). The first-order valence-corrected chi connectivity index (χ1v) is 8.21. The molecule has 0 fully saturated rings. The first kappa shape index (κ1) is 14.5. The molecular weight excluding hydrogens is 320 g/mol. The normalized spacial score (nSPS) is 10.7. The quantitative estimate of drug-likeness (QED) is 0.613. The minimum atomic E-state index is 0.182. The second kappa shape index (κ2) is 6.17. The fraction of sp³-hybridized carbons (Fsp3) is 0. The van der Waals surface area contributed by atoms with Crippen LogP contribution in [0.2, 0.25) is 0 Å². The average molecular weight is 332 g/mol. The van der Waals surface area contributed by atoms with Crippen molar-refractivity contribution in [2.75, 3.05) is 0 Å². The number of hydrogen-bond acceptors (Lipinski definition) is 6. The van der Waals surface area contributed by atoms with Gasteiger partial charge in [-0.1, -0.05) is 12.1 Å². The SMILES string of the molecule is Oc1ccccc1-c1nc(-c2ccncn2)ncc1-c1ccsc1. The summed E-state index contributed by atoms with van der Waals surface area (Å²) in [6.45, 7) is 0. The van der Waals surface area contributed by atoms with Crippen LogP contribution < -0.4 is 0 Å². The molecule has 0 aliphatic heterocycles. The number of rotatable bonds is 3. The number of thiophene rings is 1. The number of benzene rings is 1. The number of aromatic hydroxyl groups is 1. The zero-order valence-corrected chi connectivity index (χ0v) is 13.3. The van der Waals surface area contributed by atoms with Crippen molar-refractivity contribution in [2.45, 2.75) is 0 Å². The van der Waals surface area contributed by atoms with Crippen LogP contribution in [0, 0.1) is 0 Å². The van der Waals surface area contributed by atoms with E-state index in [2.05, 4.69) is 19.9 Å². The lowest BCUT2D eigenvalue weighted by atomic mass is 10.0. The Hall–Kier alpha value is -3.12. The Balaban J connectivity index is 1.95. The van der Waals surface area contributed by atoms with E-state index in [1.165, 1.54) is 6.33 Å². The molecule has 0 bridgehead atoms. The second-order valence-electron chi connectivity index (χ2n) is 5.08. The van der Waals surface area contributed by atoms with Crippen molar-refractivity contribution in [3.05, 3.63) is 65.9 Å². The van der Waals surface area contributed by atoms with Gasteiger partial charge < -0.3 is 5.11 Å². The molecule has 0 aliphatic carbocycles. The minimum absolute atomic E-state index is 0.182. The van der Waals surface area contributed by atoms with Gasteiger partial charge in [0.25, 0.3) is 0 Å². The van der Waals surface area contributed by atoms with E-state index in [1.54, 1.807) is 41.9 Å². The molecule has 5 nitrogen and oxygen atoms in total. The first-order chi connectivity index (χ1) is 11.8. The molecule has 0 unspecified atom stereocenters. The molecule has 0 radical (unpaired) electrons. The fourth-order valence-electron chi connectivity index (χ4n) is 2.44. The highest BCUT2D eigenvalue weighted by Crippen LogP contribution is 2.36. The third kappa shape index (κ3) is 2.63. The first-order valence-electron chi connectivity index (χ1n) is 7.27. The van der Waals surface area contributed by atoms with Gasteiger partial charge >= 0.3 is 0 Å². The van der Waals surface area contributed by atoms with Crippen molar-refractivity contribution in [2.24, 2.45) is 0 Å². The smallest absolute Gasteiger partial charge is 0.178 e. The molecule has 6 heteroatoms. The molecule has 0 amide bonds. The lowest BCUT2D eigenvalue weighted by Crippen LogP contribution is -1.97. The summed E-state index contributed by atoms with van der Waals surface area (Å²) in [5.41, 5.74) is 3.87. The molecule has 4 aromatic rings. The van der Waals surface area contributed by atoms with Gasteiger partial charge in [0.2, 0.25) is 0 Å². The summed E-state index contributed by atoms with van der Waals surface area (Å²) in [6.07, 6.45) is 4.89. The summed E-state index contributed by atoms with van der Waals surface area (Å²) in [5, 5.41) is 14.3. The van der Waals surface area contributed by atoms with Crippen molar-refractivity contribution in [3.8, 4) is 39.7 Å². The summed E-state index contributed by atoms with van der Waals surface area (Å²) in [7, 11) is 0. The van der Waals surface area contributed by atoms with Gasteiger partial charge in [-0.3, -0.25) is 0 Å².